The maximum absolute atomic E-state index is 9.66. The molecule has 70 valence electrons. The number of rotatable bonds is 2. The summed E-state index contributed by atoms with van der Waals surface area (Å²) in [5.74, 6) is 1.72. The average molecular weight is 168 g/mol. The van der Waals surface area contributed by atoms with Gasteiger partial charge < -0.3 is 5.11 Å². The minimum absolute atomic E-state index is 0.0776. The van der Waals surface area contributed by atoms with Crippen molar-refractivity contribution in [3.8, 4) is 0 Å². The molecule has 0 heterocycles. The second kappa shape index (κ2) is 4.08. The van der Waals surface area contributed by atoms with E-state index in [1.807, 2.05) is 6.08 Å². The van der Waals surface area contributed by atoms with Gasteiger partial charge in [-0.15, -0.1) is 6.58 Å². The normalized spacial score (nSPS) is 39.1. The van der Waals surface area contributed by atoms with Crippen molar-refractivity contribution in [2.75, 3.05) is 0 Å². The summed E-state index contributed by atoms with van der Waals surface area (Å²) in [7, 11) is 0. The molecule has 0 aromatic rings. The van der Waals surface area contributed by atoms with Crippen LogP contribution in [0.15, 0.2) is 12.7 Å². The predicted octanol–water partition coefficient (Wildman–Crippen LogP) is 2.61. The first-order valence-electron chi connectivity index (χ1n) is 4.95. The summed E-state index contributed by atoms with van der Waals surface area (Å²) >= 11 is 0. The first-order chi connectivity index (χ1) is 5.65. The van der Waals surface area contributed by atoms with Crippen LogP contribution in [-0.2, 0) is 0 Å². The highest BCUT2D eigenvalue weighted by Gasteiger charge is 2.27. The Morgan fingerprint density at radius 3 is 2.67 bits per heavy atom. The number of allylic oxidation sites excluding steroid dienone is 1. The minimum Gasteiger partial charge on any atom is -0.393 e. The number of hydrogen-bond donors (Lipinski definition) is 1. The third-order valence-electron chi connectivity index (χ3n) is 3.31. The second-order valence-electron chi connectivity index (χ2n) is 4.21. The molecule has 0 bridgehead atoms. The largest absolute Gasteiger partial charge is 0.393 e. The van der Waals surface area contributed by atoms with Gasteiger partial charge in [-0.25, -0.2) is 0 Å². The highest BCUT2D eigenvalue weighted by molar-refractivity contribution is 4.86. The Hall–Kier alpha value is -0.300. The third-order valence-corrected chi connectivity index (χ3v) is 3.31. The maximum Gasteiger partial charge on any atom is 0.0568 e. The summed E-state index contributed by atoms with van der Waals surface area (Å²) < 4.78 is 0. The van der Waals surface area contributed by atoms with E-state index >= 15 is 0 Å². The topological polar surface area (TPSA) is 20.2 Å². The quantitative estimate of drug-likeness (QED) is 0.628. The molecule has 4 atom stereocenters. The lowest BCUT2D eigenvalue weighted by molar-refractivity contribution is 0.0443. The van der Waals surface area contributed by atoms with Crippen molar-refractivity contribution >= 4 is 0 Å². The van der Waals surface area contributed by atoms with Crippen LogP contribution >= 0.6 is 0 Å². The van der Waals surface area contributed by atoms with Gasteiger partial charge in [0.1, 0.15) is 0 Å². The van der Waals surface area contributed by atoms with E-state index in [-0.39, 0.29) is 6.10 Å². The monoisotopic (exact) mass is 168 g/mol. The van der Waals surface area contributed by atoms with Crippen LogP contribution in [0.25, 0.3) is 0 Å². The van der Waals surface area contributed by atoms with Crippen molar-refractivity contribution in [2.45, 2.75) is 39.2 Å². The van der Waals surface area contributed by atoms with Crippen LogP contribution in [0, 0.1) is 17.8 Å². The molecule has 0 saturated heterocycles. The lowest BCUT2D eigenvalue weighted by Crippen LogP contribution is -2.29. The fourth-order valence-corrected chi connectivity index (χ4v) is 2.00. The SMILES string of the molecule is C=C[C@H](C)[C@H]1CCC(C)C(O)C1. The molecule has 1 aliphatic carbocycles. The van der Waals surface area contributed by atoms with Gasteiger partial charge in [0.15, 0.2) is 0 Å². The van der Waals surface area contributed by atoms with Crippen molar-refractivity contribution in [2.24, 2.45) is 17.8 Å². The van der Waals surface area contributed by atoms with E-state index in [0.717, 1.165) is 6.42 Å². The Balaban J connectivity index is 2.44. The summed E-state index contributed by atoms with van der Waals surface area (Å²) in [5.41, 5.74) is 0. The van der Waals surface area contributed by atoms with Gasteiger partial charge in [-0.2, -0.15) is 0 Å². The molecule has 1 fully saturated rings. The van der Waals surface area contributed by atoms with E-state index in [1.165, 1.54) is 12.8 Å². The number of hydrogen-bond acceptors (Lipinski definition) is 1. The van der Waals surface area contributed by atoms with Crippen LogP contribution in [0.5, 0.6) is 0 Å². The average Bonchev–Trinajstić information content (AvgIpc) is 2.08. The minimum atomic E-state index is -0.0776. The molecule has 0 aromatic heterocycles. The second-order valence-corrected chi connectivity index (χ2v) is 4.21. The van der Waals surface area contributed by atoms with Crippen molar-refractivity contribution in [1.82, 2.24) is 0 Å². The first kappa shape index (κ1) is 9.79. The lowest BCUT2D eigenvalue weighted by atomic mass is 9.75. The fourth-order valence-electron chi connectivity index (χ4n) is 2.00. The Kier molecular flexibility index (Phi) is 3.33. The van der Waals surface area contributed by atoms with Crippen LogP contribution in [-0.4, -0.2) is 11.2 Å². The molecule has 0 spiro atoms. The molecule has 0 amide bonds. The molecule has 2 unspecified atom stereocenters. The van der Waals surface area contributed by atoms with Crippen molar-refractivity contribution in [1.29, 1.82) is 0 Å². The molecule has 1 N–H and O–H groups in total. The lowest BCUT2D eigenvalue weighted by Gasteiger charge is -2.33. The van der Waals surface area contributed by atoms with Gasteiger partial charge in [0.2, 0.25) is 0 Å². The predicted molar refractivity (Wildman–Crippen MR) is 51.9 cm³/mol. The molecule has 1 nitrogen and oxygen atoms in total. The smallest absolute Gasteiger partial charge is 0.0568 e. The molecule has 1 heteroatoms. The van der Waals surface area contributed by atoms with Gasteiger partial charge in [-0.1, -0.05) is 19.9 Å². The summed E-state index contributed by atoms with van der Waals surface area (Å²) in [6.45, 7) is 8.13. The third kappa shape index (κ3) is 2.10. The summed E-state index contributed by atoms with van der Waals surface area (Å²) in [4.78, 5) is 0. The maximum atomic E-state index is 9.66. The molecule has 0 aliphatic heterocycles. The van der Waals surface area contributed by atoms with E-state index in [2.05, 4.69) is 20.4 Å². The molecule has 12 heavy (non-hydrogen) atoms. The van der Waals surface area contributed by atoms with Crippen LogP contribution < -0.4 is 0 Å². The summed E-state index contributed by atoms with van der Waals surface area (Å²) in [6.07, 6.45) is 5.32. The van der Waals surface area contributed by atoms with E-state index in [9.17, 15) is 5.11 Å². The van der Waals surface area contributed by atoms with Crippen molar-refractivity contribution in [3.05, 3.63) is 12.7 Å². The molecule has 1 rings (SSSR count). The molecule has 0 aromatic carbocycles. The van der Waals surface area contributed by atoms with Gasteiger partial charge >= 0.3 is 0 Å². The fraction of sp³-hybridized carbons (Fsp3) is 0.818. The Morgan fingerprint density at radius 1 is 1.50 bits per heavy atom. The Labute approximate surface area is 75.5 Å². The van der Waals surface area contributed by atoms with Crippen molar-refractivity contribution < 1.29 is 5.11 Å². The zero-order valence-electron chi connectivity index (χ0n) is 8.16. The number of aliphatic hydroxyl groups excluding tert-OH is 1. The molecular formula is C11H20O. The zero-order valence-corrected chi connectivity index (χ0v) is 8.16. The van der Waals surface area contributed by atoms with Gasteiger partial charge in [0.05, 0.1) is 6.10 Å². The van der Waals surface area contributed by atoms with Gasteiger partial charge in [0, 0.05) is 0 Å². The van der Waals surface area contributed by atoms with Gasteiger partial charge in [0.25, 0.3) is 0 Å². The molecule has 1 aliphatic rings. The van der Waals surface area contributed by atoms with E-state index in [4.69, 9.17) is 0 Å². The standard InChI is InChI=1S/C11H20O/c1-4-8(2)10-6-5-9(3)11(12)7-10/h4,8-12H,1,5-7H2,2-3H3/t8-,9?,10-,11?/m0/s1. The van der Waals surface area contributed by atoms with Crippen LogP contribution in [0.1, 0.15) is 33.1 Å². The van der Waals surface area contributed by atoms with Crippen LogP contribution in [0.3, 0.4) is 0 Å². The van der Waals surface area contributed by atoms with E-state index < -0.39 is 0 Å². The molecule has 1 saturated carbocycles. The van der Waals surface area contributed by atoms with E-state index in [1.54, 1.807) is 0 Å². The highest BCUT2D eigenvalue weighted by Crippen LogP contribution is 2.33. The summed E-state index contributed by atoms with van der Waals surface area (Å²) in [6, 6.07) is 0. The summed E-state index contributed by atoms with van der Waals surface area (Å²) in [5, 5.41) is 9.66. The van der Waals surface area contributed by atoms with Crippen molar-refractivity contribution in [3.63, 3.8) is 0 Å². The zero-order chi connectivity index (χ0) is 9.14. The van der Waals surface area contributed by atoms with E-state index in [0.29, 0.717) is 17.8 Å². The highest BCUT2D eigenvalue weighted by atomic mass is 16.3. The van der Waals surface area contributed by atoms with Gasteiger partial charge in [-0.3, -0.25) is 0 Å². The molecular weight excluding hydrogens is 148 g/mol. The number of aliphatic hydroxyl groups is 1. The Morgan fingerprint density at radius 2 is 2.17 bits per heavy atom. The molecule has 0 radical (unpaired) electrons. The van der Waals surface area contributed by atoms with Gasteiger partial charge in [-0.05, 0) is 37.0 Å². The van der Waals surface area contributed by atoms with Crippen LogP contribution in [0.4, 0.5) is 0 Å². The van der Waals surface area contributed by atoms with Crippen LogP contribution in [0.2, 0.25) is 0 Å². The Bertz CT molecular complexity index is 153. The first-order valence-corrected chi connectivity index (χ1v) is 4.95.